The third-order valence-electron chi connectivity index (χ3n) is 4.43. The molecule has 0 aliphatic carbocycles. The number of amides is 1. The number of aromatic nitrogens is 2. The van der Waals surface area contributed by atoms with Gasteiger partial charge in [-0.3, -0.25) is 14.2 Å². The molecule has 2 aromatic carbocycles. The number of rotatable bonds is 5. The van der Waals surface area contributed by atoms with Crippen molar-refractivity contribution in [2.45, 2.75) is 5.16 Å². The van der Waals surface area contributed by atoms with E-state index in [-0.39, 0.29) is 17.2 Å². The molecule has 0 saturated heterocycles. The summed E-state index contributed by atoms with van der Waals surface area (Å²) in [5.41, 5.74) is 1.79. The van der Waals surface area contributed by atoms with Crippen molar-refractivity contribution in [1.82, 2.24) is 9.55 Å². The number of anilines is 1. The highest BCUT2D eigenvalue weighted by atomic mass is 35.5. The van der Waals surface area contributed by atoms with Gasteiger partial charge in [-0.1, -0.05) is 41.0 Å². The van der Waals surface area contributed by atoms with Crippen LogP contribution in [0.3, 0.4) is 0 Å². The fraction of sp³-hybridized carbons (Fsp3) is 0.0952. The Morgan fingerprint density at radius 3 is 2.63 bits per heavy atom. The van der Waals surface area contributed by atoms with E-state index >= 15 is 0 Å². The van der Waals surface area contributed by atoms with Crippen molar-refractivity contribution in [3.63, 3.8) is 0 Å². The van der Waals surface area contributed by atoms with Crippen LogP contribution in [0.5, 0.6) is 0 Å². The summed E-state index contributed by atoms with van der Waals surface area (Å²) in [7, 11) is 1.69. The van der Waals surface area contributed by atoms with Crippen LogP contribution in [0.2, 0.25) is 10.0 Å². The molecule has 0 radical (unpaired) electrons. The van der Waals surface area contributed by atoms with Gasteiger partial charge in [0.1, 0.15) is 4.70 Å². The normalized spacial score (nSPS) is 11.0. The van der Waals surface area contributed by atoms with Crippen LogP contribution in [0, 0.1) is 0 Å². The molecule has 5 nitrogen and oxygen atoms in total. The lowest BCUT2D eigenvalue weighted by Crippen LogP contribution is -2.28. The van der Waals surface area contributed by atoms with E-state index in [4.69, 9.17) is 23.2 Å². The minimum atomic E-state index is -0.171. The van der Waals surface area contributed by atoms with Gasteiger partial charge in [0, 0.05) is 22.8 Å². The number of halogens is 2. The van der Waals surface area contributed by atoms with Gasteiger partial charge in [-0.05, 0) is 53.9 Å². The summed E-state index contributed by atoms with van der Waals surface area (Å²) < 4.78 is 2.09. The molecule has 0 N–H and O–H groups in total. The predicted octanol–water partition coefficient (Wildman–Crippen LogP) is 5.51. The van der Waals surface area contributed by atoms with Crippen LogP contribution in [-0.4, -0.2) is 28.3 Å². The van der Waals surface area contributed by atoms with Gasteiger partial charge in [0.05, 0.1) is 17.0 Å². The van der Waals surface area contributed by atoms with Crippen LogP contribution in [0.1, 0.15) is 0 Å². The highest BCUT2D eigenvalue weighted by molar-refractivity contribution is 7.99. The summed E-state index contributed by atoms with van der Waals surface area (Å²) in [6.07, 6.45) is 0. The number of thioether (sulfide) groups is 1. The Hall–Kier alpha value is -2.32. The van der Waals surface area contributed by atoms with E-state index in [1.807, 2.05) is 11.4 Å². The molecule has 0 unspecified atom stereocenters. The van der Waals surface area contributed by atoms with E-state index in [9.17, 15) is 9.59 Å². The fourth-order valence-corrected chi connectivity index (χ4v) is 4.86. The molecule has 2 heterocycles. The molecule has 30 heavy (non-hydrogen) atoms. The van der Waals surface area contributed by atoms with Crippen LogP contribution in [0.15, 0.2) is 69.9 Å². The van der Waals surface area contributed by atoms with Gasteiger partial charge in [0.2, 0.25) is 5.91 Å². The summed E-state index contributed by atoms with van der Waals surface area (Å²) in [4.78, 5) is 32.0. The second-order valence-corrected chi connectivity index (χ2v) is 9.10. The van der Waals surface area contributed by atoms with Crippen molar-refractivity contribution in [3.8, 4) is 5.69 Å². The van der Waals surface area contributed by atoms with Crippen LogP contribution in [0.4, 0.5) is 5.69 Å². The molecule has 0 atom stereocenters. The van der Waals surface area contributed by atoms with E-state index in [2.05, 4.69) is 4.98 Å². The van der Waals surface area contributed by atoms with Crippen LogP contribution in [0.25, 0.3) is 15.9 Å². The minimum Gasteiger partial charge on any atom is -0.315 e. The molecular weight excluding hydrogens is 461 g/mol. The zero-order valence-electron chi connectivity index (χ0n) is 15.7. The van der Waals surface area contributed by atoms with E-state index < -0.39 is 0 Å². The van der Waals surface area contributed by atoms with Gasteiger partial charge < -0.3 is 4.90 Å². The second kappa shape index (κ2) is 8.81. The smallest absolute Gasteiger partial charge is 0.276 e. The number of thiophene rings is 1. The molecular formula is C21H15Cl2N3O2S2. The summed E-state index contributed by atoms with van der Waals surface area (Å²) in [5.74, 6) is -0.0248. The zero-order valence-corrected chi connectivity index (χ0v) is 18.9. The van der Waals surface area contributed by atoms with Gasteiger partial charge in [-0.15, -0.1) is 11.3 Å². The van der Waals surface area contributed by atoms with Gasteiger partial charge in [-0.2, -0.15) is 0 Å². The Kier molecular flexibility index (Phi) is 6.15. The van der Waals surface area contributed by atoms with Crippen LogP contribution in [-0.2, 0) is 4.79 Å². The lowest BCUT2D eigenvalue weighted by molar-refractivity contribution is -0.115. The van der Waals surface area contributed by atoms with E-state index in [1.54, 1.807) is 55.6 Å². The van der Waals surface area contributed by atoms with Crippen LogP contribution < -0.4 is 10.5 Å². The highest BCUT2D eigenvalue weighted by Crippen LogP contribution is 2.25. The quantitative estimate of drug-likeness (QED) is 0.282. The maximum absolute atomic E-state index is 13.1. The number of hydrogen-bond acceptors (Lipinski definition) is 5. The Morgan fingerprint density at radius 1 is 1.13 bits per heavy atom. The number of carbonyl (C=O) groups excluding carboxylic acids is 1. The monoisotopic (exact) mass is 475 g/mol. The minimum absolute atomic E-state index is 0.110. The lowest BCUT2D eigenvalue weighted by atomic mass is 10.3. The average Bonchev–Trinajstić information content (AvgIpc) is 3.21. The molecule has 0 bridgehead atoms. The molecule has 0 spiro atoms. The summed E-state index contributed by atoms with van der Waals surface area (Å²) >= 11 is 14.6. The van der Waals surface area contributed by atoms with Crippen molar-refractivity contribution >= 4 is 68.1 Å². The van der Waals surface area contributed by atoms with Gasteiger partial charge in [0.15, 0.2) is 5.16 Å². The first-order valence-electron chi connectivity index (χ1n) is 8.85. The van der Waals surface area contributed by atoms with Gasteiger partial charge in [0.25, 0.3) is 5.56 Å². The Balaban J connectivity index is 1.66. The van der Waals surface area contributed by atoms with Crippen molar-refractivity contribution in [2.75, 3.05) is 17.7 Å². The second-order valence-electron chi connectivity index (χ2n) is 6.37. The molecule has 1 amide bonds. The summed E-state index contributed by atoms with van der Waals surface area (Å²) in [6.45, 7) is 0. The molecule has 9 heteroatoms. The largest absolute Gasteiger partial charge is 0.315 e. The van der Waals surface area contributed by atoms with Gasteiger partial charge in [-0.25, -0.2) is 4.98 Å². The lowest BCUT2D eigenvalue weighted by Gasteiger charge is -2.18. The van der Waals surface area contributed by atoms with Crippen LogP contribution >= 0.6 is 46.3 Å². The Morgan fingerprint density at radius 2 is 1.90 bits per heavy atom. The average molecular weight is 476 g/mol. The number of benzene rings is 2. The molecule has 0 aliphatic rings. The van der Waals surface area contributed by atoms with E-state index in [0.29, 0.717) is 36.8 Å². The van der Waals surface area contributed by atoms with Crippen molar-refractivity contribution < 1.29 is 4.79 Å². The van der Waals surface area contributed by atoms with E-state index in [0.717, 1.165) is 0 Å². The third-order valence-corrected chi connectivity index (χ3v) is 6.73. The topological polar surface area (TPSA) is 55.2 Å². The number of hydrogen-bond donors (Lipinski definition) is 0. The Labute approximate surface area is 190 Å². The SMILES string of the molecule is CN(C(=O)CSc1nc2ccsc2c(=O)n1-c1ccc(Cl)cc1)c1cccc(Cl)c1. The van der Waals surface area contributed by atoms with E-state index in [1.165, 1.54) is 32.6 Å². The predicted molar refractivity (Wildman–Crippen MR) is 126 cm³/mol. The number of carbonyl (C=O) groups is 1. The fourth-order valence-electron chi connectivity index (χ4n) is 2.86. The molecule has 4 rings (SSSR count). The molecule has 152 valence electrons. The number of fused-ring (bicyclic) bond motifs is 1. The van der Waals surface area contributed by atoms with Gasteiger partial charge >= 0.3 is 0 Å². The third kappa shape index (κ3) is 4.25. The van der Waals surface area contributed by atoms with Crippen molar-refractivity contribution in [2.24, 2.45) is 0 Å². The summed E-state index contributed by atoms with van der Waals surface area (Å²) in [6, 6.07) is 15.8. The standard InChI is InChI=1S/C21H15Cl2N3O2S2/c1-25(16-4-2-3-14(23)11-16)18(27)12-30-21-24-17-9-10-29-19(17)20(28)26(21)15-7-5-13(22)6-8-15/h2-11H,12H2,1H3. The first-order chi connectivity index (χ1) is 14.4. The molecule has 0 fully saturated rings. The summed E-state index contributed by atoms with van der Waals surface area (Å²) in [5, 5.41) is 3.41. The first-order valence-corrected chi connectivity index (χ1v) is 11.5. The zero-order chi connectivity index (χ0) is 21.3. The number of nitrogens with zero attached hydrogens (tertiary/aromatic N) is 3. The molecule has 4 aromatic rings. The maximum atomic E-state index is 13.1. The highest BCUT2D eigenvalue weighted by Gasteiger charge is 2.18. The molecule has 2 aromatic heterocycles. The Bertz CT molecular complexity index is 1290. The van der Waals surface area contributed by atoms with Crippen molar-refractivity contribution in [3.05, 3.63) is 80.4 Å². The molecule has 0 aliphatic heterocycles. The molecule has 0 saturated carbocycles. The first kappa shape index (κ1) is 20.9. The maximum Gasteiger partial charge on any atom is 0.276 e. The van der Waals surface area contributed by atoms with Crippen molar-refractivity contribution in [1.29, 1.82) is 0 Å².